The summed E-state index contributed by atoms with van der Waals surface area (Å²) in [5, 5.41) is 12.2. The minimum Gasteiger partial charge on any atom is -0.351 e. The first kappa shape index (κ1) is 25.8. The second-order valence-electron chi connectivity index (χ2n) is 8.45. The Balaban J connectivity index is 2.92. The fraction of sp³-hybridized carbons (Fsp3) is 0.609. The molecular weight excluding hydrogens is 380 g/mol. The first-order chi connectivity index (χ1) is 14.1. The molecule has 4 N–H and O–H groups in total. The van der Waals surface area contributed by atoms with Crippen molar-refractivity contribution in [2.75, 3.05) is 26.2 Å². The third-order valence-corrected chi connectivity index (χ3v) is 4.47. The summed E-state index contributed by atoms with van der Waals surface area (Å²) in [7, 11) is 0. The minimum absolute atomic E-state index is 0.0705. The molecule has 0 unspecified atom stereocenters. The molecule has 168 valence electrons. The lowest BCUT2D eigenvalue weighted by atomic mass is 9.97. The maximum Gasteiger partial charge on any atom is 0.251 e. The zero-order chi connectivity index (χ0) is 22.7. The molecule has 30 heavy (non-hydrogen) atoms. The average molecular weight is 419 g/mol. The van der Waals surface area contributed by atoms with Crippen LogP contribution in [0.25, 0.3) is 0 Å². The molecule has 0 aliphatic rings. The SMILES string of the molecule is CC(C)NCCNC(=O)c1cc(CC(=O)C(C)C)cc(C(=O)NCCNC(C)C)c1. The van der Waals surface area contributed by atoms with Gasteiger partial charge in [0.15, 0.2) is 0 Å². The van der Waals surface area contributed by atoms with Gasteiger partial charge in [0.2, 0.25) is 0 Å². The highest BCUT2D eigenvalue weighted by Gasteiger charge is 2.16. The molecule has 0 saturated heterocycles. The van der Waals surface area contributed by atoms with Crippen molar-refractivity contribution >= 4 is 17.6 Å². The number of nitrogens with one attached hydrogen (secondary N) is 4. The van der Waals surface area contributed by atoms with Crippen molar-refractivity contribution in [3.8, 4) is 0 Å². The Morgan fingerprint density at radius 1 is 0.700 bits per heavy atom. The first-order valence-corrected chi connectivity index (χ1v) is 10.8. The summed E-state index contributed by atoms with van der Waals surface area (Å²) in [5.41, 5.74) is 1.45. The third-order valence-electron chi connectivity index (χ3n) is 4.47. The van der Waals surface area contributed by atoms with Crippen molar-refractivity contribution in [2.45, 2.75) is 60.0 Å². The first-order valence-electron chi connectivity index (χ1n) is 10.8. The fourth-order valence-corrected chi connectivity index (χ4v) is 2.74. The zero-order valence-electron chi connectivity index (χ0n) is 19.2. The zero-order valence-corrected chi connectivity index (χ0v) is 19.2. The van der Waals surface area contributed by atoms with Gasteiger partial charge < -0.3 is 21.3 Å². The van der Waals surface area contributed by atoms with Crippen LogP contribution in [-0.2, 0) is 11.2 Å². The normalized spacial score (nSPS) is 11.2. The Bertz CT molecular complexity index is 668. The molecule has 1 aromatic rings. The van der Waals surface area contributed by atoms with E-state index in [2.05, 4.69) is 21.3 Å². The van der Waals surface area contributed by atoms with Gasteiger partial charge in [-0.1, -0.05) is 41.5 Å². The van der Waals surface area contributed by atoms with Crippen LogP contribution < -0.4 is 21.3 Å². The predicted molar refractivity (Wildman–Crippen MR) is 121 cm³/mol. The molecule has 1 aromatic carbocycles. The van der Waals surface area contributed by atoms with E-state index in [1.807, 2.05) is 41.5 Å². The topological polar surface area (TPSA) is 99.3 Å². The van der Waals surface area contributed by atoms with Crippen LogP contribution in [0, 0.1) is 5.92 Å². The number of Topliss-reactive ketones (excluding diaryl/α,β-unsaturated/α-hetero) is 1. The van der Waals surface area contributed by atoms with Gasteiger partial charge in [0.1, 0.15) is 5.78 Å². The lowest BCUT2D eigenvalue weighted by Crippen LogP contribution is -2.35. The number of hydrogen-bond donors (Lipinski definition) is 4. The maximum atomic E-state index is 12.6. The molecule has 0 saturated carbocycles. The molecule has 0 heterocycles. The number of benzene rings is 1. The minimum atomic E-state index is -0.255. The Morgan fingerprint density at radius 3 is 1.50 bits per heavy atom. The second-order valence-corrected chi connectivity index (χ2v) is 8.45. The number of hydrogen-bond acceptors (Lipinski definition) is 5. The number of ketones is 1. The summed E-state index contributed by atoms with van der Waals surface area (Å²) in [6, 6.07) is 5.66. The van der Waals surface area contributed by atoms with Crippen LogP contribution in [0.5, 0.6) is 0 Å². The van der Waals surface area contributed by atoms with E-state index in [-0.39, 0.29) is 29.9 Å². The van der Waals surface area contributed by atoms with Crippen LogP contribution in [0.2, 0.25) is 0 Å². The van der Waals surface area contributed by atoms with Crippen LogP contribution in [-0.4, -0.2) is 55.9 Å². The quantitative estimate of drug-likeness (QED) is 0.367. The highest BCUT2D eigenvalue weighted by atomic mass is 16.2. The van der Waals surface area contributed by atoms with E-state index in [0.717, 1.165) is 0 Å². The monoisotopic (exact) mass is 418 g/mol. The molecule has 1 rings (SSSR count). The van der Waals surface area contributed by atoms with Gasteiger partial charge in [0.25, 0.3) is 11.8 Å². The van der Waals surface area contributed by atoms with E-state index in [1.165, 1.54) is 0 Å². The molecule has 7 nitrogen and oxygen atoms in total. The standard InChI is InChI=1S/C23H38N4O3/c1-15(2)21(28)13-18-11-19(22(29)26-9-7-24-16(3)4)14-20(12-18)23(30)27-10-8-25-17(5)6/h11-12,14-17,24-25H,7-10,13H2,1-6H3,(H,26,29)(H,27,30). The van der Waals surface area contributed by atoms with Crippen molar-refractivity contribution in [2.24, 2.45) is 5.92 Å². The molecular formula is C23H38N4O3. The Labute approximate surface area is 180 Å². The van der Waals surface area contributed by atoms with E-state index < -0.39 is 0 Å². The molecule has 0 spiro atoms. The molecule has 0 atom stereocenters. The van der Waals surface area contributed by atoms with Gasteiger partial charge in [-0.05, 0) is 23.8 Å². The second kappa shape index (κ2) is 13.1. The van der Waals surface area contributed by atoms with E-state index in [9.17, 15) is 14.4 Å². The van der Waals surface area contributed by atoms with Gasteiger partial charge in [-0.3, -0.25) is 14.4 Å². The summed E-state index contributed by atoms with van der Waals surface area (Å²) in [6.45, 7) is 14.1. The molecule has 0 fully saturated rings. The lowest BCUT2D eigenvalue weighted by molar-refractivity contribution is -0.121. The molecule has 0 bridgehead atoms. The van der Waals surface area contributed by atoms with Gasteiger partial charge >= 0.3 is 0 Å². The van der Waals surface area contributed by atoms with E-state index >= 15 is 0 Å². The summed E-state index contributed by atoms with van der Waals surface area (Å²) in [5.74, 6) is -0.546. The summed E-state index contributed by atoms with van der Waals surface area (Å²) in [6.07, 6.45) is 0.197. The number of rotatable bonds is 13. The molecule has 0 aromatic heterocycles. The Kier molecular flexibility index (Phi) is 11.3. The van der Waals surface area contributed by atoms with Crippen LogP contribution in [0.3, 0.4) is 0 Å². The number of carbonyl (C=O) groups is 3. The highest BCUT2D eigenvalue weighted by Crippen LogP contribution is 2.14. The highest BCUT2D eigenvalue weighted by molar-refractivity contribution is 6.00. The summed E-state index contributed by atoms with van der Waals surface area (Å²) < 4.78 is 0. The molecule has 0 radical (unpaired) electrons. The largest absolute Gasteiger partial charge is 0.351 e. The Hall–Kier alpha value is -2.25. The van der Waals surface area contributed by atoms with Crippen molar-refractivity contribution in [1.29, 1.82) is 0 Å². The molecule has 0 aliphatic heterocycles. The van der Waals surface area contributed by atoms with Gasteiger partial charge in [0, 0.05) is 61.7 Å². The van der Waals surface area contributed by atoms with Gasteiger partial charge in [-0.25, -0.2) is 0 Å². The summed E-state index contributed by atoms with van der Waals surface area (Å²) >= 11 is 0. The number of amides is 2. The van der Waals surface area contributed by atoms with E-state index in [1.54, 1.807) is 18.2 Å². The smallest absolute Gasteiger partial charge is 0.251 e. The average Bonchev–Trinajstić information content (AvgIpc) is 2.67. The molecule has 0 aliphatic carbocycles. The summed E-state index contributed by atoms with van der Waals surface area (Å²) in [4.78, 5) is 37.4. The third kappa shape index (κ3) is 9.98. The van der Waals surface area contributed by atoms with Crippen LogP contribution >= 0.6 is 0 Å². The fourth-order valence-electron chi connectivity index (χ4n) is 2.74. The van der Waals surface area contributed by atoms with Gasteiger partial charge in [-0.2, -0.15) is 0 Å². The van der Waals surface area contributed by atoms with Crippen molar-refractivity contribution in [3.05, 3.63) is 34.9 Å². The van der Waals surface area contributed by atoms with Crippen molar-refractivity contribution in [3.63, 3.8) is 0 Å². The Morgan fingerprint density at radius 2 is 1.13 bits per heavy atom. The van der Waals surface area contributed by atoms with Crippen molar-refractivity contribution in [1.82, 2.24) is 21.3 Å². The van der Waals surface area contributed by atoms with Crippen LogP contribution in [0.4, 0.5) is 0 Å². The lowest BCUT2D eigenvalue weighted by Gasteiger charge is -2.13. The van der Waals surface area contributed by atoms with Crippen LogP contribution in [0.1, 0.15) is 67.8 Å². The molecule has 2 amide bonds. The van der Waals surface area contributed by atoms with Gasteiger partial charge in [-0.15, -0.1) is 0 Å². The maximum absolute atomic E-state index is 12.6. The molecule has 7 heteroatoms. The number of carbonyl (C=O) groups excluding carboxylic acids is 3. The van der Waals surface area contributed by atoms with E-state index in [0.29, 0.717) is 55.0 Å². The van der Waals surface area contributed by atoms with E-state index in [4.69, 9.17) is 0 Å². The van der Waals surface area contributed by atoms with Gasteiger partial charge in [0.05, 0.1) is 0 Å². The van der Waals surface area contributed by atoms with Crippen molar-refractivity contribution < 1.29 is 14.4 Å². The predicted octanol–water partition coefficient (Wildman–Crippen LogP) is 1.91. The van der Waals surface area contributed by atoms with Crippen LogP contribution in [0.15, 0.2) is 18.2 Å².